The summed E-state index contributed by atoms with van der Waals surface area (Å²) < 4.78 is 26.6. The first-order valence-electron chi connectivity index (χ1n) is 6.49. The number of amides is 1. The maximum Gasteiger partial charge on any atom is 0.308 e. The van der Waals surface area contributed by atoms with Crippen LogP contribution in [0, 0.1) is 17.6 Å². The van der Waals surface area contributed by atoms with E-state index in [1.54, 1.807) is 0 Å². The first kappa shape index (κ1) is 15.9. The third kappa shape index (κ3) is 3.23. The number of hydrogen-bond acceptors (Lipinski definition) is 2. The first-order valence-corrected chi connectivity index (χ1v) is 7.29. The van der Waals surface area contributed by atoms with Crippen molar-refractivity contribution >= 4 is 27.8 Å². The molecular weight excluding hydrogens is 348 g/mol. The van der Waals surface area contributed by atoms with Crippen LogP contribution in [0.5, 0.6) is 0 Å². The summed E-state index contributed by atoms with van der Waals surface area (Å²) in [5.41, 5.74) is -0.00760. The van der Waals surface area contributed by atoms with E-state index in [1.807, 2.05) is 6.92 Å². The summed E-state index contributed by atoms with van der Waals surface area (Å²) in [6.45, 7) is 1.88. The van der Waals surface area contributed by atoms with E-state index in [9.17, 15) is 18.4 Å². The summed E-state index contributed by atoms with van der Waals surface area (Å²) in [5.74, 6) is -4.24. The summed E-state index contributed by atoms with van der Waals surface area (Å²) in [6, 6.07) is 1.58. The molecule has 2 unspecified atom stereocenters. The molecule has 0 spiro atoms. The van der Waals surface area contributed by atoms with Gasteiger partial charge in [0.05, 0.1) is 11.5 Å². The molecule has 7 heteroatoms. The highest BCUT2D eigenvalue weighted by molar-refractivity contribution is 9.10. The second-order valence-corrected chi connectivity index (χ2v) is 6.02. The number of benzene rings is 1. The molecule has 0 aliphatic carbocycles. The third-order valence-electron chi connectivity index (χ3n) is 3.73. The van der Waals surface area contributed by atoms with Crippen LogP contribution in [-0.4, -0.2) is 34.5 Å². The number of carbonyl (C=O) groups excluding carboxylic acids is 1. The number of hydrogen-bond donors (Lipinski definition) is 1. The first-order chi connectivity index (χ1) is 9.81. The largest absolute Gasteiger partial charge is 0.481 e. The van der Waals surface area contributed by atoms with Gasteiger partial charge in [0.1, 0.15) is 0 Å². The molecule has 1 N–H and O–H groups in total. The lowest BCUT2D eigenvalue weighted by Gasteiger charge is -2.36. The molecule has 0 aromatic heterocycles. The van der Waals surface area contributed by atoms with Crippen LogP contribution in [-0.2, 0) is 4.79 Å². The molecule has 0 saturated carbocycles. The monoisotopic (exact) mass is 361 g/mol. The predicted molar refractivity (Wildman–Crippen MR) is 74.9 cm³/mol. The molecule has 1 saturated heterocycles. The Labute approximate surface area is 128 Å². The van der Waals surface area contributed by atoms with Crippen LogP contribution in [0.4, 0.5) is 8.78 Å². The number of likely N-dealkylation sites (tertiary alicyclic amines) is 1. The fourth-order valence-corrected chi connectivity index (χ4v) is 2.92. The minimum absolute atomic E-state index is 0.00760. The van der Waals surface area contributed by atoms with Gasteiger partial charge in [-0.2, -0.15) is 0 Å². The standard InChI is InChI=1S/C14H14BrF2NO3/c1-7-2-3-8(14(20)21)6-18(7)13(19)9-4-11(16)12(17)5-10(9)15/h4-5,7-8H,2-3,6H2,1H3,(H,20,21). The Bertz CT molecular complexity index is 594. The molecule has 1 aliphatic heterocycles. The highest BCUT2D eigenvalue weighted by atomic mass is 79.9. The summed E-state index contributed by atoms with van der Waals surface area (Å²) in [7, 11) is 0. The number of halogens is 3. The third-order valence-corrected chi connectivity index (χ3v) is 4.39. The number of carboxylic acid groups (broad SMARTS) is 1. The SMILES string of the molecule is CC1CCC(C(=O)O)CN1C(=O)c1cc(F)c(F)cc1Br. The molecule has 1 aromatic carbocycles. The van der Waals surface area contributed by atoms with Gasteiger partial charge >= 0.3 is 5.97 Å². The fraction of sp³-hybridized carbons (Fsp3) is 0.429. The molecular formula is C14H14BrF2NO3. The van der Waals surface area contributed by atoms with Crippen LogP contribution in [0.3, 0.4) is 0 Å². The van der Waals surface area contributed by atoms with Crippen LogP contribution in [0.2, 0.25) is 0 Å². The second-order valence-electron chi connectivity index (χ2n) is 5.17. The minimum atomic E-state index is -1.11. The van der Waals surface area contributed by atoms with E-state index in [4.69, 9.17) is 5.11 Å². The van der Waals surface area contributed by atoms with Gasteiger partial charge in [-0.15, -0.1) is 0 Å². The number of carbonyl (C=O) groups is 2. The van der Waals surface area contributed by atoms with Gasteiger partial charge in [-0.1, -0.05) is 0 Å². The molecule has 1 amide bonds. The molecule has 1 fully saturated rings. The lowest BCUT2D eigenvalue weighted by atomic mass is 9.93. The fourth-order valence-electron chi connectivity index (χ4n) is 2.43. The number of piperidine rings is 1. The Morgan fingerprint density at radius 2 is 1.90 bits per heavy atom. The molecule has 1 aliphatic rings. The van der Waals surface area contributed by atoms with Crippen LogP contribution in [0.1, 0.15) is 30.1 Å². The van der Waals surface area contributed by atoms with Gasteiger partial charge in [-0.3, -0.25) is 9.59 Å². The van der Waals surface area contributed by atoms with Crippen molar-refractivity contribution < 1.29 is 23.5 Å². The van der Waals surface area contributed by atoms with Gasteiger partial charge in [0.2, 0.25) is 0 Å². The lowest BCUT2D eigenvalue weighted by molar-refractivity contribution is -0.143. The van der Waals surface area contributed by atoms with Crippen LogP contribution >= 0.6 is 15.9 Å². The summed E-state index contributed by atoms with van der Waals surface area (Å²) in [6.07, 6.45) is 1.06. The number of nitrogens with zero attached hydrogens (tertiary/aromatic N) is 1. The van der Waals surface area contributed by atoms with Crippen molar-refractivity contribution in [1.82, 2.24) is 4.90 Å². The molecule has 0 radical (unpaired) electrons. The normalized spacial score (nSPS) is 22.2. The number of rotatable bonds is 2. The van der Waals surface area contributed by atoms with Gasteiger partial charge in [0.15, 0.2) is 11.6 Å². The summed E-state index contributed by atoms with van der Waals surface area (Å²) in [5, 5.41) is 9.07. The zero-order chi connectivity index (χ0) is 15.7. The van der Waals surface area contributed by atoms with Crippen LogP contribution in [0.15, 0.2) is 16.6 Å². The minimum Gasteiger partial charge on any atom is -0.481 e. The van der Waals surface area contributed by atoms with Crippen molar-refractivity contribution in [2.45, 2.75) is 25.8 Å². The highest BCUT2D eigenvalue weighted by Crippen LogP contribution is 2.27. The lowest BCUT2D eigenvalue weighted by Crippen LogP contribution is -2.47. The number of aliphatic carboxylic acids is 1. The smallest absolute Gasteiger partial charge is 0.308 e. The van der Waals surface area contributed by atoms with E-state index >= 15 is 0 Å². The summed E-state index contributed by atoms with van der Waals surface area (Å²) in [4.78, 5) is 25.0. The molecule has 1 heterocycles. The van der Waals surface area contributed by atoms with E-state index in [2.05, 4.69) is 15.9 Å². The van der Waals surface area contributed by atoms with E-state index in [1.165, 1.54) is 4.90 Å². The van der Waals surface area contributed by atoms with Crippen molar-refractivity contribution in [3.63, 3.8) is 0 Å². The Morgan fingerprint density at radius 3 is 2.52 bits per heavy atom. The molecule has 21 heavy (non-hydrogen) atoms. The molecule has 4 nitrogen and oxygen atoms in total. The Hall–Kier alpha value is -1.50. The topological polar surface area (TPSA) is 57.6 Å². The Morgan fingerprint density at radius 1 is 1.29 bits per heavy atom. The van der Waals surface area contributed by atoms with Crippen molar-refractivity contribution in [1.29, 1.82) is 0 Å². The zero-order valence-electron chi connectivity index (χ0n) is 11.3. The van der Waals surface area contributed by atoms with Gasteiger partial charge in [0, 0.05) is 17.1 Å². The van der Waals surface area contributed by atoms with Gasteiger partial charge in [-0.05, 0) is 47.8 Å². The maximum atomic E-state index is 13.3. The summed E-state index contributed by atoms with van der Waals surface area (Å²) >= 11 is 3.04. The van der Waals surface area contributed by atoms with Crippen molar-refractivity contribution in [3.8, 4) is 0 Å². The van der Waals surface area contributed by atoms with E-state index in [0.717, 1.165) is 12.1 Å². The Kier molecular flexibility index (Phi) is 4.61. The second kappa shape index (κ2) is 6.09. The van der Waals surface area contributed by atoms with Crippen LogP contribution < -0.4 is 0 Å². The van der Waals surface area contributed by atoms with Gasteiger partial charge in [-0.25, -0.2) is 8.78 Å². The van der Waals surface area contributed by atoms with Crippen molar-refractivity contribution in [2.75, 3.05) is 6.54 Å². The van der Waals surface area contributed by atoms with Crippen molar-refractivity contribution in [3.05, 3.63) is 33.8 Å². The number of carboxylic acids is 1. The zero-order valence-corrected chi connectivity index (χ0v) is 12.9. The average molecular weight is 362 g/mol. The van der Waals surface area contributed by atoms with E-state index in [0.29, 0.717) is 12.8 Å². The van der Waals surface area contributed by atoms with Gasteiger partial charge in [0.25, 0.3) is 5.91 Å². The van der Waals surface area contributed by atoms with E-state index in [-0.39, 0.29) is 22.6 Å². The Balaban J connectivity index is 2.30. The molecule has 2 rings (SSSR count). The van der Waals surface area contributed by atoms with Crippen LogP contribution in [0.25, 0.3) is 0 Å². The molecule has 0 bridgehead atoms. The molecule has 2 atom stereocenters. The molecule has 114 valence electrons. The average Bonchev–Trinajstić information content (AvgIpc) is 2.42. The van der Waals surface area contributed by atoms with E-state index < -0.39 is 29.4 Å². The van der Waals surface area contributed by atoms with Gasteiger partial charge < -0.3 is 10.0 Å². The quantitative estimate of drug-likeness (QED) is 0.823. The highest BCUT2D eigenvalue weighted by Gasteiger charge is 2.33. The molecule has 1 aromatic rings. The predicted octanol–water partition coefficient (Wildman–Crippen LogP) is 3.05. The van der Waals surface area contributed by atoms with Crippen molar-refractivity contribution in [2.24, 2.45) is 5.92 Å². The maximum absolute atomic E-state index is 13.3.